The number of nitrogens with two attached hydrogens (primary N) is 1. The van der Waals surface area contributed by atoms with E-state index in [-0.39, 0.29) is 6.04 Å². The summed E-state index contributed by atoms with van der Waals surface area (Å²) in [4.78, 5) is 11.4. The molecule has 6 nitrogen and oxygen atoms in total. The van der Waals surface area contributed by atoms with Crippen LogP contribution < -0.4 is 10.5 Å². The van der Waals surface area contributed by atoms with Crippen molar-refractivity contribution in [3.63, 3.8) is 0 Å². The maximum absolute atomic E-state index is 12.1. The van der Waals surface area contributed by atoms with Gasteiger partial charge in [0, 0.05) is 13.1 Å². The number of carbonyl (C=O) groups excluding carboxylic acids is 1. The van der Waals surface area contributed by atoms with Crippen molar-refractivity contribution in [1.82, 2.24) is 9.03 Å². The second kappa shape index (κ2) is 6.14. The van der Waals surface area contributed by atoms with Crippen LogP contribution in [0.4, 0.5) is 0 Å². The molecule has 106 valence electrons. The summed E-state index contributed by atoms with van der Waals surface area (Å²) in [7, 11) is -2.33. The molecule has 0 aliphatic carbocycles. The SMILES string of the molecule is CC(C)N(C)S(=O)(=O)N[C@H](C(N)=O)c1ccccc1. The fourth-order valence-corrected chi connectivity index (χ4v) is 2.72. The van der Waals surface area contributed by atoms with Crippen molar-refractivity contribution in [3.05, 3.63) is 35.9 Å². The van der Waals surface area contributed by atoms with Gasteiger partial charge in [-0.1, -0.05) is 30.3 Å². The van der Waals surface area contributed by atoms with E-state index in [4.69, 9.17) is 5.73 Å². The highest BCUT2D eigenvalue weighted by Gasteiger charge is 2.28. The molecule has 0 heterocycles. The van der Waals surface area contributed by atoms with Gasteiger partial charge in [-0.2, -0.15) is 17.4 Å². The lowest BCUT2D eigenvalue weighted by atomic mass is 10.1. The van der Waals surface area contributed by atoms with Gasteiger partial charge in [-0.25, -0.2) is 0 Å². The number of benzene rings is 1. The largest absolute Gasteiger partial charge is 0.368 e. The molecule has 3 N–H and O–H groups in total. The quantitative estimate of drug-likeness (QED) is 0.791. The maximum Gasteiger partial charge on any atom is 0.280 e. The van der Waals surface area contributed by atoms with E-state index >= 15 is 0 Å². The molecule has 1 amide bonds. The van der Waals surface area contributed by atoms with Crippen LogP contribution in [0, 0.1) is 0 Å². The fourth-order valence-electron chi connectivity index (χ4n) is 1.45. The van der Waals surface area contributed by atoms with Crippen LogP contribution in [-0.2, 0) is 15.0 Å². The fraction of sp³-hybridized carbons (Fsp3) is 0.417. The summed E-state index contributed by atoms with van der Waals surface area (Å²) in [5.41, 5.74) is 5.78. The standard InChI is InChI=1S/C12H19N3O3S/c1-9(2)15(3)19(17,18)14-11(12(13)16)10-7-5-4-6-8-10/h4-9,11,14H,1-3H3,(H2,13,16)/t11-/m0/s1. The highest BCUT2D eigenvalue weighted by molar-refractivity contribution is 7.87. The van der Waals surface area contributed by atoms with Crippen molar-refractivity contribution < 1.29 is 13.2 Å². The Bertz CT molecular complexity index is 528. The zero-order valence-electron chi connectivity index (χ0n) is 11.2. The topological polar surface area (TPSA) is 92.5 Å². The van der Waals surface area contributed by atoms with Crippen molar-refractivity contribution >= 4 is 16.1 Å². The van der Waals surface area contributed by atoms with Crippen LogP contribution in [0.5, 0.6) is 0 Å². The molecule has 1 aromatic carbocycles. The van der Waals surface area contributed by atoms with E-state index in [9.17, 15) is 13.2 Å². The van der Waals surface area contributed by atoms with Gasteiger partial charge >= 0.3 is 0 Å². The maximum atomic E-state index is 12.1. The summed E-state index contributed by atoms with van der Waals surface area (Å²) in [6.45, 7) is 3.47. The molecule has 19 heavy (non-hydrogen) atoms. The Hall–Kier alpha value is -1.44. The van der Waals surface area contributed by atoms with E-state index in [1.165, 1.54) is 7.05 Å². The number of hydrogen-bond donors (Lipinski definition) is 2. The first-order chi connectivity index (χ1) is 8.75. The van der Waals surface area contributed by atoms with Crippen LogP contribution in [0.25, 0.3) is 0 Å². The summed E-state index contributed by atoms with van der Waals surface area (Å²) in [5, 5.41) is 0. The smallest absolute Gasteiger partial charge is 0.280 e. The molecule has 0 spiro atoms. The van der Waals surface area contributed by atoms with Crippen LogP contribution >= 0.6 is 0 Å². The molecule has 0 aliphatic rings. The molecular weight excluding hydrogens is 266 g/mol. The van der Waals surface area contributed by atoms with Crippen molar-refractivity contribution in [3.8, 4) is 0 Å². The molecule has 0 unspecified atom stereocenters. The number of carbonyl (C=O) groups is 1. The van der Waals surface area contributed by atoms with Crippen LogP contribution in [0.1, 0.15) is 25.5 Å². The van der Waals surface area contributed by atoms with Gasteiger partial charge in [0.15, 0.2) is 0 Å². The molecule has 0 saturated heterocycles. The van der Waals surface area contributed by atoms with E-state index in [2.05, 4.69) is 4.72 Å². The predicted octanol–water partition coefficient (Wildman–Crippen LogP) is 0.388. The molecular formula is C12H19N3O3S. The molecule has 0 bridgehead atoms. The zero-order chi connectivity index (χ0) is 14.6. The minimum absolute atomic E-state index is 0.221. The van der Waals surface area contributed by atoms with Crippen molar-refractivity contribution in [1.29, 1.82) is 0 Å². The molecule has 0 saturated carbocycles. The third-order valence-corrected chi connectivity index (χ3v) is 4.50. The Morgan fingerprint density at radius 1 is 1.26 bits per heavy atom. The lowest BCUT2D eigenvalue weighted by molar-refractivity contribution is -0.119. The second-order valence-electron chi connectivity index (χ2n) is 4.48. The van der Waals surface area contributed by atoms with Gasteiger partial charge in [-0.3, -0.25) is 4.79 Å². The summed E-state index contributed by atoms with van der Waals surface area (Å²) >= 11 is 0. The van der Waals surface area contributed by atoms with Gasteiger partial charge in [-0.15, -0.1) is 0 Å². The van der Waals surface area contributed by atoms with Crippen LogP contribution in [-0.4, -0.2) is 31.7 Å². The van der Waals surface area contributed by atoms with E-state index in [0.29, 0.717) is 5.56 Å². The predicted molar refractivity (Wildman–Crippen MR) is 73.3 cm³/mol. The van der Waals surface area contributed by atoms with Gasteiger partial charge in [0.2, 0.25) is 5.91 Å². The molecule has 1 atom stereocenters. The molecule has 0 aliphatic heterocycles. The number of hydrogen-bond acceptors (Lipinski definition) is 3. The molecule has 0 radical (unpaired) electrons. The van der Waals surface area contributed by atoms with Gasteiger partial charge < -0.3 is 5.73 Å². The number of primary amides is 1. The number of amides is 1. The first-order valence-corrected chi connectivity index (χ1v) is 7.29. The Morgan fingerprint density at radius 2 is 1.79 bits per heavy atom. The minimum Gasteiger partial charge on any atom is -0.368 e. The van der Waals surface area contributed by atoms with Gasteiger partial charge in [0.25, 0.3) is 10.2 Å². The van der Waals surface area contributed by atoms with Crippen molar-refractivity contribution in [2.24, 2.45) is 5.73 Å². The number of rotatable bonds is 6. The summed E-state index contributed by atoms with van der Waals surface area (Å²) in [5.74, 6) is -0.744. The third-order valence-electron chi connectivity index (χ3n) is 2.79. The Kier molecular flexibility index (Phi) is 5.04. The average molecular weight is 285 g/mol. The summed E-state index contributed by atoms with van der Waals surface area (Å²) in [6.07, 6.45) is 0. The minimum atomic E-state index is -3.77. The number of nitrogens with zero attached hydrogens (tertiary/aromatic N) is 1. The van der Waals surface area contributed by atoms with E-state index in [1.54, 1.807) is 44.2 Å². The first kappa shape index (κ1) is 15.6. The zero-order valence-corrected chi connectivity index (χ0v) is 12.0. The Labute approximate surface area is 113 Å². The lowest BCUT2D eigenvalue weighted by Gasteiger charge is -2.24. The monoisotopic (exact) mass is 285 g/mol. The summed E-state index contributed by atoms with van der Waals surface area (Å²) in [6, 6.07) is 7.20. The van der Waals surface area contributed by atoms with E-state index in [0.717, 1.165) is 4.31 Å². The molecule has 0 fully saturated rings. The van der Waals surface area contributed by atoms with Crippen LogP contribution in [0.3, 0.4) is 0 Å². The second-order valence-corrected chi connectivity index (χ2v) is 6.24. The van der Waals surface area contributed by atoms with E-state index < -0.39 is 22.2 Å². The van der Waals surface area contributed by atoms with Crippen LogP contribution in [0.15, 0.2) is 30.3 Å². The highest BCUT2D eigenvalue weighted by Crippen LogP contribution is 2.14. The Morgan fingerprint density at radius 3 is 2.21 bits per heavy atom. The summed E-state index contributed by atoms with van der Waals surface area (Å²) < 4.78 is 27.6. The van der Waals surface area contributed by atoms with Crippen molar-refractivity contribution in [2.75, 3.05) is 7.05 Å². The van der Waals surface area contributed by atoms with E-state index in [1.807, 2.05) is 0 Å². The van der Waals surface area contributed by atoms with Gasteiger partial charge in [0.05, 0.1) is 0 Å². The molecule has 7 heteroatoms. The third kappa shape index (κ3) is 4.02. The Balaban J connectivity index is 3.02. The van der Waals surface area contributed by atoms with Gasteiger partial charge in [0.1, 0.15) is 6.04 Å². The number of nitrogens with one attached hydrogen (secondary N) is 1. The molecule has 0 aromatic heterocycles. The van der Waals surface area contributed by atoms with Crippen molar-refractivity contribution in [2.45, 2.75) is 25.9 Å². The van der Waals surface area contributed by atoms with Gasteiger partial charge in [-0.05, 0) is 19.4 Å². The lowest BCUT2D eigenvalue weighted by Crippen LogP contribution is -2.46. The first-order valence-electron chi connectivity index (χ1n) is 5.85. The average Bonchev–Trinajstić information content (AvgIpc) is 2.35. The van der Waals surface area contributed by atoms with Crippen LogP contribution in [0.2, 0.25) is 0 Å². The highest BCUT2D eigenvalue weighted by atomic mass is 32.2. The normalized spacial score (nSPS) is 13.7. The molecule has 1 aromatic rings. The molecule has 1 rings (SSSR count).